The molecule has 0 aromatic heterocycles. The summed E-state index contributed by atoms with van der Waals surface area (Å²) in [7, 11) is 2.07. The van der Waals surface area contributed by atoms with Crippen LogP contribution in [0.3, 0.4) is 0 Å². The Balaban J connectivity index is 1.85. The molecule has 2 aromatic rings. The Morgan fingerprint density at radius 3 is 2.63 bits per heavy atom. The molecule has 0 spiro atoms. The zero-order valence-electron chi connectivity index (χ0n) is 11.5. The molecule has 19 heavy (non-hydrogen) atoms. The van der Waals surface area contributed by atoms with Gasteiger partial charge in [0.2, 0.25) is 0 Å². The molecule has 0 fully saturated rings. The molecule has 0 unspecified atom stereocenters. The van der Waals surface area contributed by atoms with Crippen molar-refractivity contribution >= 4 is 11.4 Å². The highest BCUT2D eigenvalue weighted by Crippen LogP contribution is 2.16. The summed E-state index contributed by atoms with van der Waals surface area (Å²) in [6.45, 7) is 3.56. The number of nitrogens with zero attached hydrogens (tertiary/aromatic N) is 1. The van der Waals surface area contributed by atoms with Crippen molar-refractivity contribution in [1.82, 2.24) is 0 Å². The fourth-order valence-corrected chi connectivity index (χ4v) is 1.90. The molecule has 0 saturated carbocycles. The number of ether oxygens (including phenoxy) is 1. The van der Waals surface area contributed by atoms with E-state index in [1.807, 2.05) is 24.3 Å². The van der Waals surface area contributed by atoms with Crippen LogP contribution in [0.2, 0.25) is 0 Å². The molecule has 0 radical (unpaired) electrons. The number of nitrogens with two attached hydrogens (primary N) is 1. The number of anilines is 2. The molecule has 0 aliphatic carbocycles. The van der Waals surface area contributed by atoms with Crippen LogP contribution in [0.15, 0.2) is 48.5 Å². The van der Waals surface area contributed by atoms with Crippen molar-refractivity contribution in [3.8, 4) is 5.75 Å². The normalized spacial score (nSPS) is 10.2. The van der Waals surface area contributed by atoms with Crippen molar-refractivity contribution in [2.75, 3.05) is 30.8 Å². The summed E-state index contributed by atoms with van der Waals surface area (Å²) in [5.41, 5.74) is 8.90. The fraction of sp³-hybridized carbons (Fsp3) is 0.250. The standard InChI is InChI=1S/C16H20N2O/c1-13-5-3-7-15(11-13)18(2)9-10-19-16-8-4-6-14(17)12-16/h3-8,11-12H,9-10,17H2,1-2H3. The van der Waals surface area contributed by atoms with Gasteiger partial charge in [-0.15, -0.1) is 0 Å². The molecular formula is C16H20N2O. The van der Waals surface area contributed by atoms with Crippen molar-refractivity contribution in [2.24, 2.45) is 0 Å². The summed E-state index contributed by atoms with van der Waals surface area (Å²) in [5.74, 6) is 0.817. The number of rotatable bonds is 5. The Kier molecular flexibility index (Phi) is 4.29. The summed E-state index contributed by atoms with van der Waals surface area (Å²) in [5, 5.41) is 0. The Bertz CT molecular complexity index is 540. The smallest absolute Gasteiger partial charge is 0.121 e. The first kappa shape index (κ1) is 13.3. The van der Waals surface area contributed by atoms with Gasteiger partial charge >= 0.3 is 0 Å². The summed E-state index contributed by atoms with van der Waals surface area (Å²) in [6, 6.07) is 15.9. The third-order valence-corrected chi connectivity index (χ3v) is 3.00. The second-order valence-corrected chi connectivity index (χ2v) is 4.68. The minimum atomic E-state index is 0.633. The largest absolute Gasteiger partial charge is 0.492 e. The molecule has 100 valence electrons. The van der Waals surface area contributed by atoms with E-state index in [0.29, 0.717) is 6.61 Å². The van der Waals surface area contributed by atoms with Crippen molar-refractivity contribution in [2.45, 2.75) is 6.92 Å². The number of benzene rings is 2. The molecule has 3 heteroatoms. The average Bonchev–Trinajstić information content (AvgIpc) is 2.38. The summed E-state index contributed by atoms with van der Waals surface area (Å²) in [4.78, 5) is 2.18. The van der Waals surface area contributed by atoms with Gasteiger partial charge < -0.3 is 15.4 Å². The molecule has 0 heterocycles. The number of hydrogen-bond donors (Lipinski definition) is 1. The predicted octanol–water partition coefficient (Wildman–Crippen LogP) is 3.09. The van der Waals surface area contributed by atoms with E-state index in [2.05, 4.69) is 43.1 Å². The maximum Gasteiger partial charge on any atom is 0.121 e. The van der Waals surface area contributed by atoms with Crippen LogP contribution in [-0.4, -0.2) is 20.2 Å². The van der Waals surface area contributed by atoms with Gasteiger partial charge in [0, 0.05) is 24.5 Å². The summed E-state index contributed by atoms with van der Waals surface area (Å²) < 4.78 is 5.69. The zero-order valence-corrected chi connectivity index (χ0v) is 11.5. The van der Waals surface area contributed by atoms with E-state index in [9.17, 15) is 0 Å². The number of nitrogen functional groups attached to an aromatic ring is 1. The van der Waals surface area contributed by atoms with E-state index in [1.54, 1.807) is 0 Å². The van der Waals surface area contributed by atoms with E-state index in [4.69, 9.17) is 10.5 Å². The molecule has 3 nitrogen and oxygen atoms in total. The number of likely N-dealkylation sites (N-methyl/N-ethyl adjacent to an activating group) is 1. The van der Waals surface area contributed by atoms with E-state index in [-0.39, 0.29) is 0 Å². The van der Waals surface area contributed by atoms with Crippen LogP contribution in [0.4, 0.5) is 11.4 Å². The van der Waals surface area contributed by atoms with Crippen LogP contribution < -0.4 is 15.4 Å². The van der Waals surface area contributed by atoms with Crippen LogP contribution in [0.25, 0.3) is 0 Å². The molecule has 2 N–H and O–H groups in total. The van der Waals surface area contributed by atoms with Crippen molar-refractivity contribution in [1.29, 1.82) is 0 Å². The van der Waals surface area contributed by atoms with Gasteiger partial charge in [0.25, 0.3) is 0 Å². The van der Waals surface area contributed by atoms with Gasteiger partial charge in [-0.05, 0) is 36.8 Å². The SMILES string of the molecule is Cc1cccc(N(C)CCOc2cccc(N)c2)c1. The first-order chi connectivity index (χ1) is 9.15. The first-order valence-electron chi connectivity index (χ1n) is 6.41. The molecule has 0 aliphatic heterocycles. The number of hydrogen-bond acceptors (Lipinski definition) is 3. The highest BCUT2D eigenvalue weighted by atomic mass is 16.5. The lowest BCUT2D eigenvalue weighted by molar-refractivity contribution is 0.326. The van der Waals surface area contributed by atoms with Crippen LogP contribution in [0.5, 0.6) is 5.75 Å². The monoisotopic (exact) mass is 256 g/mol. The average molecular weight is 256 g/mol. The molecule has 2 rings (SSSR count). The Morgan fingerprint density at radius 2 is 1.89 bits per heavy atom. The minimum absolute atomic E-state index is 0.633. The minimum Gasteiger partial charge on any atom is -0.492 e. The van der Waals surface area contributed by atoms with E-state index >= 15 is 0 Å². The van der Waals surface area contributed by atoms with Crippen LogP contribution >= 0.6 is 0 Å². The molecule has 0 bridgehead atoms. The number of aryl methyl sites for hydroxylation is 1. The predicted molar refractivity (Wildman–Crippen MR) is 80.8 cm³/mol. The first-order valence-corrected chi connectivity index (χ1v) is 6.41. The Hall–Kier alpha value is -2.16. The second-order valence-electron chi connectivity index (χ2n) is 4.68. The van der Waals surface area contributed by atoms with Gasteiger partial charge in [0.05, 0.1) is 6.54 Å². The van der Waals surface area contributed by atoms with Gasteiger partial charge in [-0.3, -0.25) is 0 Å². The van der Waals surface area contributed by atoms with E-state index < -0.39 is 0 Å². The molecular weight excluding hydrogens is 236 g/mol. The molecule has 0 saturated heterocycles. The summed E-state index contributed by atoms with van der Waals surface area (Å²) in [6.07, 6.45) is 0. The highest BCUT2D eigenvalue weighted by Gasteiger charge is 2.01. The van der Waals surface area contributed by atoms with Gasteiger partial charge in [-0.1, -0.05) is 18.2 Å². The summed E-state index contributed by atoms with van der Waals surface area (Å²) >= 11 is 0. The second kappa shape index (κ2) is 6.14. The van der Waals surface area contributed by atoms with E-state index in [1.165, 1.54) is 11.3 Å². The zero-order chi connectivity index (χ0) is 13.7. The highest BCUT2D eigenvalue weighted by molar-refractivity contribution is 5.47. The van der Waals surface area contributed by atoms with Gasteiger partial charge in [0.1, 0.15) is 12.4 Å². The molecule has 0 atom stereocenters. The van der Waals surface area contributed by atoms with Gasteiger partial charge in [-0.2, -0.15) is 0 Å². The van der Waals surface area contributed by atoms with Gasteiger partial charge in [0.15, 0.2) is 0 Å². The van der Waals surface area contributed by atoms with Crippen molar-refractivity contribution in [3.05, 3.63) is 54.1 Å². The Morgan fingerprint density at radius 1 is 1.11 bits per heavy atom. The van der Waals surface area contributed by atoms with Crippen LogP contribution in [0, 0.1) is 6.92 Å². The van der Waals surface area contributed by atoms with Crippen molar-refractivity contribution < 1.29 is 4.74 Å². The molecule has 2 aromatic carbocycles. The maximum atomic E-state index is 5.71. The lowest BCUT2D eigenvalue weighted by Gasteiger charge is -2.20. The third-order valence-electron chi connectivity index (χ3n) is 3.00. The molecule has 0 amide bonds. The maximum absolute atomic E-state index is 5.71. The fourth-order valence-electron chi connectivity index (χ4n) is 1.90. The topological polar surface area (TPSA) is 38.5 Å². The lowest BCUT2D eigenvalue weighted by Crippen LogP contribution is -2.23. The third kappa shape index (κ3) is 3.91. The van der Waals surface area contributed by atoms with Gasteiger partial charge in [-0.25, -0.2) is 0 Å². The van der Waals surface area contributed by atoms with Crippen molar-refractivity contribution in [3.63, 3.8) is 0 Å². The van der Waals surface area contributed by atoms with Crippen LogP contribution in [0.1, 0.15) is 5.56 Å². The Labute approximate surface area is 114 Å². The lowest BCUT2D eigenvalue weighted by atomic mass is 10.2. The molecule has 0 aliphatic rings. The van der Waals surface area contributed by atoms with Crippen LogP contribution in [-0.2, 0) is 0 Å². The van der Waals surface area contributed by atoms with E-state index in [0.717, 1.165) is 18.0 Å². The quantitative estimate of drug-likeness (QED) is 0.835.